The van der Waals surface area contributed by atoms with Crippen molar-refractivity contribution < 1.29 is 56.0 Å². The van der Waals surface area contributed by atoms with E-state index < -0.39 is 24.3 Å². The highest BCUT2D eigenvalue weighted by Crippen LogP contribution is 2.57. The molecule has 46 heavy (non-hydrogen) atoms. The van der Waals surface area contributed by atoms with Crippen molar-refractivity contribution in [3.8, 4) is 5.75 Å². The number of benzene rings is 1. The molecule has 1 saturated carbocycles. The number of carboxylic acids is 2. The fourth-order valence-electron chi connectivity index (χ4n) is 6.39. The molecule has 0 spiro atoms. The van der Waals surface area contributed by atoms with E-state index in [9.17, 15) is 36.2 Å². The number of halogens is 6. The number of aryl methyl sites for hydroxylation is 1. The van der Waals surface area contributed by atoms with E-state index in [2.05, 4.69) is 30.5 Å². The molecule has 0 heterocycles. The first-order valence-corrected chi connectivity index (χ1v) is 15.4. The van der Waals surface area contributed by atoms with Crippen molar-refractivity contribution in [1.82, 2.24) is 10.6 Å². The van der Waals surface area contributed by atoms with Crippen LogP contribution in [0.5, 0.6) is 5.75 Å². The fourth-order valence-corrected chi connectivity index (χ4v) is 6.39. The molecule has 264 valence electrons. The highest BCUT2D eigenvalue weighted by atomic mass is 19.4. The van der Waals surface area contributed by atoms with Crippen molar-refractivity contribution in [1.29, 1.82) is 0 Å². The van der Waals surface area contributed by atoms with Gasteiger partial charge in [0.1, 0.15) is 5.75 Å². The highest BCUT2D eigenvalue weighted by Gasteiger charge is 2.54. The number of carboxylic acid groups (broad SMARTS) is 2. The van der Waals surface area contributed by atoms with Crippen molar-refractivity contribution in [2.75, 3.05) is 26.2 Å². The molecule has 0 saturated heterocycles. The van der Waals surface area contributed by atoms with E-state index in [4.69, 9.17) is 25.5 Å². The number of phenolic OH excluding ortho intramolecular Hbond substituents is 1. The fraction of sp³-hybridized carbons (Fsp3) is 0.710. The SMILES string of the molecule is C[C@]1(C(=O)NCCCNCCCCCCCN)CCC[C@]2(C)c3cc(O)ccc3CC[C@@H]12.O=C(O)C(F)(F)F.O=C(O)C(F)(F)F. The van der Waals surface area contributed by atoms with Crippen LogP contribution < -0.4 is 16.4 Å². The van der Waals surface area contributed by atoms with Crippen molar-refractivity contribution >= 4 is 17.8 Å². The summed E-state index contributed by atoms with van der Waals surface area (Å²) in [6.07, 6.45) is 2.08. The number of hydrogen-bond acceptors (Lipinski definition) is 6. The van der Waals surface area contributed by atoms with E-state index >= 15 is 0 Å². The van der Waals surface area contributed by atoms with Crippen molar-refractivity contribution in [3.05, 3.63) is 29.3 Å². The third-order valence-corrected chi connectivity index (χ3v) is 8.72. The van der Waals surface area contributed by atoms with Crippen LogP contribution in [0.3, 0.4) is 0 Å². The first-order chi connectivity index (χ1) is 21.3. The lowest BCUT2D eigenvalue weighted by Crippen LogP contribution is -2.55. The van der Waals surface area contributed by atoms with Gasteiger partial charge in [0.25, 0.3) is 0 Å². The van der Waals surface area contributed by atoms with Gasteiger partial charge in [-0.2, -0.15) is 26.3 Å². The summed E-state index contributed by atoms with van der Waals surface area (Å²) in [7, 11) is 0. The number of fused-ring (bicyclic) bond motifs is 3. The van der Waals surface area contributed by atoms with Crippen LogP contribution in [0.1, 0.15) is 89.2 Å². The van der Waals surface area contributed by atoms with E-state index in [1.807, 2.05) is 6.07 Å². The van der Waals surface area contributed by atoms with E-state index in [0.29, 0.717) is 11.7 Å². The molecule has 0 unspecified atom stereocenters. The van der Waals surface area contributed by atoms with E-state index in [1.165, 1.54) is 36.8 Å². The Morgan fingerprint density at radius 3 is 1.98 bits per heavy atom. The van der Waals surface area contributed by atoms with Gasteiger partial charge >= 0.3 is 24.3 Å². The standard InChI is InChI=1S/C27H45N3O2.2C2HF3O2/c1-26-14-8-15-27(2,24(26)13-11-21-10-12-22(31)20-23(21)26)25(32)30-19-9-18-29-17-7-5-3-4-6-16-28;2*3-2(4,5)1(6)7/h10,12,20,24,29,31H,3-9,11,13-19,28H2,1-2H3,(H,30,32);2*(H,6,7)/t24-,26-,27+;;/m1../s1. The Hall–Kier alpha value is -3.07. The summed E-state index contributed by atoms with van der Waals surface area (Å²) in [5, 5.41) is 31.1. The maximum Gasteiger partial charge on any atom is 0.490 e. The number of unbranched alkanes of at least 4 members (excludes halogenated alkanes) is 4. The van der Waals surface area contributed by atoms with Crippen LogP contribution in [-0.2, 0) is 26.2 Å². The van der Waals surface area contributed by atoms with Gasteiger partial charge in [0, 0.05) is 6.54 Å². The van der Waals surface area contributed by atoms with Gasteiger partial charge in [0.2, 0.25) is 5.91 Å². The predicted octanol–water partition coefficient (Wildman–Crippen LogP) is 5.67. The minimum Gasteiger partial charge on any atom is -0.508 e. The average Bonchev–Trinajstić information content (AvgIpc) is 2.95. The second kappa shape index (κ2) is 18.3. The van der Waals surface area contributed by atoms with Gasteiger partial charge in [-0.3, -0.25) is 4.79 Å². The third-order valence-electron chi connectivity index (χ3n) is 8.72. The van der Waals surface area contributed by atoms with Crippen molar-refractivity contribution in [2.45, 2.75) is 102 Å². The minimum absolute atomic E-state index is 0.0393. The number of carbonyl (C=O) groups excluding carboxylic acids is 1. The minimum atomic E-state index is -5.08. The van der Waals surface area contributed by atoms with Gasteiger partial charge in [-0.05, 0) is 99.2 Å². The maximum atomic E-state index is 13.4. The number of carbonyl (C=O) groups is 3. The van der Waals surface area contributed by atoms with Crippen LogP contribution in [-0.4, -0.2) is 71.7 Å². The molecular weight excluding hydrogens is 624 g/mol. The second-order valence-electron chi connectivity index (χ2n) is 12.1. The molecule has 1 amide bonds. The number of nitrogens with one attached hydrogen (secondary N) is 2. The van der Waals surface area contributed by atoms with Crippen LogP contribution in [0.15, 0.2) is 18.2 Å². The first-order valence-electron chi connectivity index (χ1n) is 15.4. The molecule has 2 aliphatic carbocycles. The quantitative estimate of drug-likeness (QED) is 0.122. The maximum absolute atomic E-state index is 13.4. The summed E-state index contributed by atoms with van der Waals surface area (Å²) in [6, 6.07) is 5.83. The summed E-state index contributed by atoms with van der Waals surface area (Å²) in [6.45, 7) is 8.05. The van der Waals surface area contributed by atoms with Gasteiger partial charge in [-0.1, -0.05) is 45.6 Å². The number of aliphatic carboxylic acids is 2. The van der Waals surface area contributed by atoms with E-state index in [0.717, 1.165) is 71.1 Å². The van der Waals surface area contributed by atoms with Gasteiger partial charge < -0.3 is 31.7 Å². The highest BCUT2D eigenvalue weighted by molar-refractivity contribution is 5.83. The molecule has 9 nitrogen and oxygen atoms in total. The lowest BCUT2D eigenvalue weighted by Gasteiger charge is -2.54. The van der Waals surface area contributed by atoms with E-state index in [-0.39, 0.29) is 16.7 Å². The summed E-state index contributed by atoms with van der Waals surface area (Å²) >= 11 is 0. The lowest BCUT2D eigenvalue weighted by molar-refractivity contribution is -0.193. The summed E-state index contributed by atoms with van der Waals surface area (Å²) in [5.41, 5.74) is 7.75. The molecule has 1 fully saturated rings. The van der Waals surface area contributed by atoms with Crippen LogP contribution >= 0.6 is 0 Å². The monoisotopic (exact) mass is 671 g/mol. The average molecular weight is 672 g/mol. The molecule has 0 aliphatic heterocycles. The van der Waals surface area contributed by atoms with Gasteiger partial charge in [0.15, 0.2) is 0 Å². The largest absolute Gasteiger partial charge is 0.508 e. The number of hydrogen-bond donors (Lipinski definition) is 6. The smallest absolute Gasteiger partial charge is 0.490 e. The number of alkyl halides is 6. The molecule has 7 N–H and O–H groups in total. The molecule has 1 aromatic carbocycles. The molecule has 15 heteroatoms. The zero-order valence-corrected chi connectivity index (χ0v) is 26.3. The van der Waals surface area contributed by atoms with Crippen molar-refractivity contribution in [2.24, 2.45) is 17.1 Å². The Balaban J connectivity index is 0.000000629. The molecule has 1 aromatic rings. The molecule has 0 radical (unpaired) electrons. The van der Waals surface area contributed by atoms with Crippen LogP contribution in [0.2, 0.25) is 0 Å². The normalized spacial score (nSPS) is 22.2. The third kappa shape index (κ3) is 12.6. The number of nitrogens with two attached hydrogens (primary N) is 1. The lowest BCUT2D eigenvalue weighted by atomic mass is 9.49. The molecule has 0 bridgehead atoms. The van der Waals surface area contributed by atoms with Crippen molar-refractivity contribution in [3.63, 3.8) is 0 Å². The van der Waals surface area contributed by atoms with Crippen LogP contribution in [0.25, 0.3) is 0 Å². The number of rotatable bonds is 12. The predicted molar refractivity (Wildman–Crippen MR) is 159 cm³/mol. The molecule has 3 rings (SSSR count). The van der Waals surface area contributed by atoms with Crippen LogP contribution in [0, 0.1) is 11.3 Å². The topological polar surface area (TPSA) is 162 Å². The zero-order valence-electron chi connectivity index (χ0n) is 26.3. The Labute approximate surface area is 265 Å². The van der Waals surface area contributed by atoms with E-state index in [1.54, 1.807) is 6.07 Å². The van der Waals surface area contributed by atoms with Gasteiger partial charge in [-0.15, -0.1) is 0 Å². The Morgan fingerprint density at radius 2 is 1.41 bits per heavy atom. The number of aromatic hydroxyl groups is 1. The molecule has 3 atom stereocenters. The zero-order chi connectivity index (χ0) is 35.2. The summed E-state index contributed by atoms with van der Waals surface area (Å²) in [4.78, 5) is 31.2. The van der Waals surface area contributed by atoms with Gasteiger partial charge in [0.05, 0.1) is 5.41 Å². The second-order valence-corrected chi connectivity index (χ2v) is 12.1. The summed E-state index contributed by atoms with van der Waals surface area (Å²) in [5.74, 6) is -4.64. The Morgan fingerprint density at radius 1 is 0.870 bits per heavy atom. The first kappa shape index (κ1) is 41.0. The number of amides is 1. The Kier molecular flexibility index (Phi) is 16.3. The molecule has 0 aromatic heterocycles. The summed E-state index contributed by atoms with van der Waals surface area (Å²) < 4.78 is 63.5. The number of phenols is 1. The van der Waals surface area contributed by atoms with Crippen LogP contribution in [0.4, 0.5) is 26.3 Å². The molecule has 2 aliphatic rings. The molecular formula is C31H47F6N3O6. The van der Waals surface area contributed by atoms with Gasteiger partial charge in [-0.25, -0.2) is 9.59 Å². The Bertz CT molecular complexity index is 1110.